The molecule has 8 nitrogen and oxygen atoms in total. The highest BCUT2D eigenvalue weighted by Crippen LogP contribution is 2.15. The number of hydrogen-bond acceptors (Lipinski definition) is 6. The van der Waals surface area contributed by atoms with Crippen molar-refractivity contribution in [2.45, 2.75) is 6.54 Å². The zero-order valence-corrected chi connectivity index (χ0v) is 12.8. The van der Waals surface area contributed by atoms with Crippen LogP contribution in [0.1, 0.15) is 16.1 Å². The molecular formula is C16H13N7O. The van der Waals surface area contributed by atoms with Crippen LogP contribution in [0.25, 0.3) is 22.2 Å². The highest BCUT2D eigenvalue weighted by atomic mass is 16.1. The zero-order valence-electron chi connectivity index (χ0n) is 12.8. The second-order valence-corrected chi connectivity index (χ2v) is 5.26. The SMILES string of the molecule is CNC(=O)c1cnc2nnn(Cc3ccc4ncccc4c3)c2n1. The van der Waals surface area contributed by atoms with Gasteiger partial charge in [-0.2, -0.15) is 0 Å². The summed E-state index contributed by atoms with van der Waals surface area (Å²) in [5.74, 6) is -0.297. The molecule has 0 aliphatic carbocycles. The molecule has 0 saturated carbocycles. The summed E-state index contributed by atoms with van der Waals surface area (Å²) in [5.41, 5.74) is 3.09. The van der Waals surface area contributed by atoms with Gasteiger partial charge in [0.1, 0.15) is 5.69 Å². The fraction of sp³-hybridized carbons (Fsp3) is 0.125. The van der Waals surface area contributed by atoms with Crippen molar-refractivity contribution in [2.24, 2.45) is 0 Å². The minimum absolute atomic E-state index is 0.233. The van der Waals surface area contributed by atoms with E-state index in [1.807, 2.05) is 30.3 Å². The molecule has 0 radical (unpaired) electrons. The van der Waals surface area contributed by atoms with E-state index in [1.54, 1.807) is 17.9 Å². The maximum absolute atomic E-state index is 11.7. The molecule has 1 amide bonds. The lowest BCUT2D eigenvalue weighted by Gasteiger charge is -2.04. The minimum atomic E-state index is -0.297. The van der Waals surface area contributed by atoms with Crippen LogP contribution in [-0.4, -0.2) is 42.9 Å². The van der Waals surface area contributed by atoms with Crippen molar-refractivity contribution >= 4 is 28.1 Å². The number of carbonyl (C=O) groups is 1. The first-order chi connectivity index (χ1) is 11.7. The van der Waals surface area contributed by atoms with Crippen molar-refractivity contribution < 1.29 is 4.79 Å². The summed E-state index contributed by atoms with van der Waals surface area (Å²) in [4.78, 5) is 24.5. The van der Waals surface area contributed by atoms with Gasteiger partial charge in [0.15, 0.2) is 5.65 Å². The smallest absolute Gasteiger partial charge is 0.271 e. The molecule has 24 heavy (non-hydrogen) atoms. The third-order valence-corrected chi connectivity index (χ3v) is 3.69. The molecule has 0 bridgehead atoms. The first kappa shape index (κ1) is 14.2. The van der Waals surface area contributed by atoms with Crippen LogP contribution in [0, 0.1) is 0 Å². The summed E-state index contributed by atoms with van der Waals surface area (Å²) in [6, 6.07) is 9.91. The number of aromatic nitrogens is 6. The molecule has 118 valence electrons. The number of rotatable bonds is 3. The summed E-state index contributed by atoms with van der Waals surface area (Å²) in [6.45, 7) is 0.479. The Morgan fingerprint density at radius 3 is 3.04 bits per heavy atom. The molecule has 3 heterocycles. The summed E-state index contributed by atoms with van der Waals surface area (Å²) in [6.07, 6.45) is 3.16. The van der Waals surface area contributed by atoms with Gasteiger partial charge < -0.3 is 5.32 Å². The first-order valence-electron chi connectivity index (χ1n) is 7.36. The van der Waals surface area contributed by atoms with E-state index in [9.17, 15) is 4.79 Å². The lowest BCUT2D eigenvalue weighted by atomic mass is 10.1. The Bertz CT molecular complexity index is 1060. The highest BCUT2D eigenvalue weighted by molar-refractivity contribution is 5.92. The molecule has 0 unspecified atom stereocenters. The molecule has 0 aliphatic heterocycles. The van der Waals surface area contributed by atoms with Crippen LogP contribution in [0.3, 0.4) is 0 Å². The van der Waals surface area contributed by atoms with Gasteiger partial charge in [-0.3, -0.25) is 9.78 Å². The van der Waals surface area contributed by atoms with Crippen LogP contribution < -0.4 is 5.32 Å². The molecule has 0 saturated heterocycles. The number of nitrogens with zero attached hydrogens (tertiary/aromatic N) is 6. The van der Waals surface area contributed by atoms with Gasteiger partial charge in [0.05, 0.1) is 18.3 Å². The molecule has 1 aromatic carbocycles. The number of amides is 1. The van der Waals surface area contributed by atoms with Crippen LogP contribution in [0.5, 0.6) is 0 Å². The third kappa shape index (κ3) is 2.43. The van der Waals surface area contributed by atoms with Crippen LogP contribution in [0.15, 0.2) is 42.7 Å². The van der Waals surface area contributed by atoms with Crippen molar-refractivity contribution in [2.75, 3.05) is 7.05 Å². The van der Waals surface area contributed by atoms with E-state index in [1.165, 1.54) is 6.20 Å². The van der Waals surface area contributed by atoms with Gasteiger partial charge in [0.25, 0.3) is 5.91 Å². The molecule has 4 aromatic rings. The number of pyridine rings is 1. The average molecular weight is 319 g/mol. The van der Waals surface area contributed by atoms with E-state index < -0.39 is 0 Å². The van der Waals surface area contributed by atoms with Crippen molar-refractivity contribution in [3.8, 4) is 0 Å². The van der Waals surface area contributed by atoms with Crippen LogP contribution in [-0.2, 0) is 6.54 Å². The second kappa shape index (κ2) is 5.65. The van der Waals surface area contributed by atoms with Crippen molar-refractivity contribution in [3.63, 3.8) is 0 Å². The Labute approximate surface area is 136 Å². The fourth-order valence-corrected chi connectivity index (χ4v) is 2.50. The fourth-order valence-electron chi connectivity index (χ4n) is 2.50. The van der Waals surface area contributed by atoms with Gasteiger partial charge in [-0.1, -0.05) is 17.3 Å². The Morgan fingerprint density at radius 1 is 1.25 bits per heavy atom. The van der Waals surface area contributed by atoms with E-state index in [-0.39, 0.29) is 11.6 Å². The number of hydrogen-bond donors (Lipinski definition) is 1. The Hall–Kier alpha value is -3.42. The summed E-state index contributed by atoms with van der Waals surface area (Å²) in [5, 5.41) is 11.7. The van der Waals surface area contributed by atoms with Crippen LogP contribution >= 0.6 is 0 Å². The van der Waals surface area contributed by atoms with Gasteiger partial charge in [-0.05, 0) is 23.8 Å². The normalized spacial score (nSPS) is 11.0. The van der Waals surface area contributed by atoms with Crippen molar-refractivity contribution in [1.82, 2.24) is 35.3 Å². The zero-order chi connectivity index (χ0) is 16.5. The molecule has 0 spiro atoms. The minimum Gasteiger partial charge on any atom is -0.354 e. The molecule has 0 fully saturated rings. The van der Waals surface area contributed by atoms with Gasteiger partial charge in [0.2, 0.25) is 5.65 Å². The van der Waals surface area contributed by atoms with Gasteiger partial charge in [0, 0.05) is 18.6 Å². The molecule has 0 atom stereocenters. The molecule has 1 N–H and O–H groups in total. The topological polar surface area (TPSA) is 98.5 Å². The Morgan fingerprint density at radius 2 is 2.17 bits per heavy atom. The number of benzene rings is 1. The average Bonchev–Trinajstić information content (AvgIpc) is 3.03. The molecule has 3 aromatic heterocycles. The summed E-state index contributed by atoms with van der Waals surface area (Å²) < 4.78 is 1.63. The van der Waals surface area contributed by atoms with E-state index in [0.717, 1.165) is 16.5 Å². The monoisotopic (exact) mass is 319 g/mol. The third-order valence-electron chi connectivity index (χ3n) is 3.69. The van der Waals surface area contributed by atoms with Gasteiger partial charge in [-0.25, -0.2) is 14.6 Å². The van der Waals surface area contributed by atoms with Crippen LogP contribution in [0.4, 0.5) is 0 Å². The maximum Gasteiger partial charge on any atom is 0.271 e. The molecular weight excluding hydrogens is 306 g/mol. The Balaban J connectivity index is 1.73. The number of nitrogens with one attached hydrogen (secondary N) is 1. The van der Waals surface area contributed by atoms with Gasteiger partial charge in [-0.15, -0.1) is 5.10 Å². The largest absolute Gasteiger partial charge is 0.354 e. The predicted molar refractivity (Wildman–Crippen MR) is 87.4 cm³/mol. The molecule has 4 rings (SSSR count). The second-order valence-electron chi connectivity index (χ2n) is 5.26. The summed E-state index contributed by atoms with van der Waals surface area (Å²) in [7, 11) is 1.55. The lowest BCUT2D eigenvalue weighted by Crippen LogP contribution is -2.19. The highest BCUT2D eigenvalue weighted by Gasteiger charge is 2.12. The standard InChI is InChI=1S/C16H13N7O/c1-17-16(24)13-8-19-14-15(20-13)23(22-21-14)9-10-4-5-12-11(7-10)3-2-6-18-12/h2-8H,9H2,1H3,(H,17,24). The van der Waals surface area contributed by atoms with Crippen molar-refractivity contribution in [1.29, 1.82) is 0 Å². The number of fused-ring (bicyclic) bond motifs is 2. The number of carbonyl (C=O) groups excluding carboxylic acids is 1. The Kier molecular flexibility index (Phi) is 3.34. The quantitative estimate of drug-likeness (QED) is 0.609. The summed E-state index contributed by atoms with van der Waals surface area (Å²) >= 11 is 0. The molecule has 0 aliphatic rings. The van der Waals surface area contributed by atoms with E-state index in [0.29, 0.717) is 17.8 Å². The first-order valence-corrected chi connectivity index (χ1v) is 7.36. The predicted octanol–water partition coefficient (Wildman–Crippen LogP) is 1.18. The van der Waals surface area contributed by atoms with Crippen LogP contribution in [0.2, 0.25) is 0 Å². The van der Waals surface area contributed by atoms with E-state index >= 15 is 0 Å². The van der Waals surface area contributed by atoms with E-state index in [4.69, 9.17) is 0 Å². The van der Waals surface area contributed by atoms with Gasteiger partial charge >= 0.3 is 0 Å². The lowest BCUT2D eigenvalue weighted by molar-refractivity contribution is 0.0958. The maximum atomic E-state index is 11.7. The molecule has 8 heteroatoms. The van der Waals surface area contributed by atoms with E-state index in [2.05, 4.69) is 30.6 Å². The van der Waals surface area contributed by atoms with Crippen molar-refractivity contribution in [3.05, 3.63) is 54.0 Å².